The SMILES string of the molecule is CC(C)(C)OC(=O)N1CC2(CCC2c2ccccc2)C1. The zero-order valence-corrected chi connectivity index (χ0v) is 12.6. The largest absolute Gasteiger partial charge is 0.444 e. The summed E-state index contributed by atoms with van der Waals surface area (Å²) in [4.78, 5) is 13.9. The average molecular weight is 273 g/mol. The highest BCUT2D eigenvalue weighted by atomic mass is 16.6. The first kappa shape index (κ1) is 13.5. The number of hydrogen-bond donors (Lipinski definition) is 0. The van der Waals surface area contributed by atoms with Crippen molar-refractivity contribution in [1.82, 2.24) is 4.90 Å². The number of benzene rings is 1. The number of carbonyl (C=O) groups excluding carboxylic acids is 1. The fourth-order valence-corrected chi connectivity index (χ4v) is 3.45. The van der Waals surface area contributed by atoms with Crippen LogP contribution in [0.15, 0.2) is 30.3 Å². The van der Waals surface area contributed by atoms with Crippen LogP contribution in [0.5, 0.6) is 0 Å². The van der Waals surface area contributed by atoms with Gasteiger partial charge in [0.25, 0.3) is 0 Å². The minimum atomic E-state index is -0.404. The predicted octanol–water partition coefficient (Wildman–Crippen LogP) is 3.80. The Balaban J connectivity index is 1.61. The topological polar surface area (TPSA) is 29.5 Å². The van der Waals surface area contributed by atoms with Crippen LogP contribution in [-0.2, 0) is 4.74 Å². The molecule has 1 saturated heterocycles. The first-order valence-electron chi connectivity index (χ1n) is 7.43. The van der Waals surface area contributed by atoms with Gasteiger partial charge in [0.15, 0.2) is 0 Å². The fraction of sp³-hybridized carbons (Fsp3) is 0.588. The van der Waals surface area contributed by atoms with E-state index in [9.17, 15) is 4.79 Å². The molecule has 3 nitrogen and oxygen atoms in total. The van der Waals surface area contributed by atoms with Crippen molar-refractivity contribution >= 4 is 6.09 Å². The van der Waals surface area contributed by atoms with E-state index < -0.39 is 5.60 Å². The normalized spacial score (nSPS) is 23.9. The molecule has 3 rings (SSSR count). The van der Waals surface area contributed by atoms with Crippen LogP contribution in [0.2, 0.25) is 0 Å². The van der Waals surface area contributed by atoms with Crippen LogP contribution < -0.4 is 0 Å². The maximum Gasteiger partial charge on any atom is 0.410 e. The summed E-state index contributed by atoms with van der Waals surface area (Å²) in [5, 5.41) is 0. The molecule has 1 amide bonds. The Morgan fingerprint density at radius 3 is 2.40 bits per heavy atom. The third-order valence-corrected chi connectivity index (χ3v) is 4.54. The third kappa shape index (κ3) is 2.30. The molecule has 2 fully saturated rings. The average Bonchev–Trinajstić information content (AvgIpc) is 2.24. The van der Waals surface area contributed by atoms with Crippen molar-refractivity contribution in [2.45, 2.75) is 45.1 Å². The van der Waals surface area contributed by atoms with E-state index in [0.717, 1.165) is 13.1 Å². The van der Waals surface area contributed by atoms with E-state index in [1.54, 1.807) is 0 Å². The molecule has 1 heterocycles. The van der Waals surface area contributed by atoms with Crippen LogP contribution in [-0.4, -0.2) is 29.7 Å². The maximum atomic E-state index is 12.0. The minimum Gasteiger partial charge on any atom is -0.444 e. The second kappa shape index (κ2) is 4.51. The molecule has 1 spiro atoms. The van der Waals surface area contributed by atoms with Crippen molar-refractivity contribution in [2.24, 2.45) is 5.41 Å². The summed E-state index contributed by atoms with van der Waals surface area (Å²) in [6.45, 7) is 7.44. The van der Waals surface area contributed by atoms with Crippen LogP contribution >= 0.6 is 0 Å². The minimum absolute atomic E-state index is 0.165. The fourth-order valence-electron chi connectivity index (χ4n) is 3.45. The van der Waals surface area contributed by atoms with Crippen molar-refractivity contribution in [3.05, 3.63) is 35.9 Å². The van der Waals surface area contributed by atoms with Crippen molar-refractivity contribution in [3.63, 3.8) is 0 Å². The summed E-state index contributed by atoms with van der Waals surface area (Å²) < 4.78 is 5.43. The van der Waals surface area contributed by atoms with Crippen molar-refractivity contribution < 1.29 is 9.53 Å². The molecule has 1 saturated carbocycles. The Labute approximate surface area is 120 Å². The van der Waals surface area contributed by atoms with Gasteiger partial charge in [0.2, 0.25) is 0 Å². The molecule has 20 heavy (non-hydrogen) atoms. The first-order valence-corrected chi connectivity index (χ1v) is 7.43. The van der Waals surface area contributed by atoms with E-state index in [1.165, 1.54) is 18.4 Å². The van der Waals surface area contributed by atoms with E-state index in [1.807, 2.05) is 25.7 Å². The molecule has 1 unspecified atom stereocenters. The summed E-state index contributed by atoms with van der Waals surface area (Å²) >= 11 is 0. The molecule has 3 heteroatoms. The number of likely N-dealkylation sites (tertiary alicyclic amines) is 1. The highest BCUT2D eigenvalue weighted by molar-refractivity contribution is 5.69. The summed E-state index contributed by atoms with van der Waals surface area (Å²) in [5.74, 6) is 0.613. The van der Waals surface area contributed by atoms with E-state index in [0.29, 0.717) is 11.3 Å². The molecule has 1 aromatic carbocycles. The Bertz CT molecular complexity index is 497. The number of nitrogens with zero attached hydrogens (tertiary/aromatic N) is 1. The monoisotopic (exact) mass is 273 g/mol. The Morgan fingerprint density at radius 1 is 1.25 bits per heavy atom. The van der Waals surface area contributed by atoms with E-state index in [-0.39, 0.29) is 6.09 Å². The number of rotatable bonds is 1. The summed E-state index contributed by atoms with van der Waals surface area (Å²) in [6.07, 6.45) is 2.31. The van der Waals surface area contributed by atoms with Gasteiger partial charge in [-0.3, -0.25) is 0 Å². The van der Waals surface area contributed by atoms with Gasteiger partial charge in [0, 0.05) is 18.5 Å². The maximum absolute atomic E-state index is 12.0. The van der Waals surface area contributed by atoms with Crippen LogP contribution in [0, 0.1) is 5.41 Å². The van der Waals surface area contributed by atoms with Gasteiger partial charge in [-0.25, -0.2) is 4.79 Å². The molecule has 0 radical (unpaired) electrons. The molecule has 0 aromatic heterocycles. The number of amides is 1. The van der Waals surface area contributed by atoms with Crippen molar-refractivity contribution in [3.8, 4) is 0 Å². The lowest BCUT2D eigenvalue weighted by Gasteiger charge is -2.60. The molecular weight excluding hydrogens is 250 g/mol. The second-order valence-corrected chi connectivity index (χ2v) is 7.20. The molecule has 1 aliphatic heterocycles. The van der Waals surface area contributed by atoms with Gasteiger partial charge in [0.1, 0.15) is 5.60 Å². The smallest absolute Gasteiger partial charge is 0.410 e. The second-order valence-electron chi connectivity index (χ2n) is 7.20. The quantitative estimate of drug-likeness (QED) is 0.779. The van der Waals surface area contributed by atoms with Gasteiger partial charge in [-0.15, -0.1) is 0 Å². The zero-order chi connectivity index (χ0) is 14.4. The third-order valence-electron chi connectivity index (χ3n) is 4.54. The lowest BCUT2D eigenvalue weighted by atomic mass is 9.54. The Kier molecular flexibility index (Phi) is 3.03. The standard InChI is InChI=1S/C17H23NO2/c1-16(2,3)20-15(19)18-11-17(12-18)10-9-14(17)13-7-5-4-6-8-13/h4-8,14H,9-12H2,1-3H3. The van der Waals surface area contributed by atoms with Gasteiger partial charge in [-0.2, -0.15) is 0 Å². The molecular formula is C17H23NO2. The highest BCUT2D eigenvalue weighted by Gasteiger charge is 2.56. The number of carbonyl (C=O) groups is 1. The molecule has 1 atom stereocenters. The summed E-state index contributed by atoms with van der Waals surface area (Å²) in [7, 11) is 0. The van der Waals surface area contributed by atoms with E-state index >= 15 is 0 Å². The van der Waals surface area contributed by atoms with Crippen molar-refractivity contribution in [2.75, 3.05) is 13.1 Å². The predicted molar refractivity (Wildman–Crippen MR) is 78.7 cm³/mol. The summed E-state index contributed by atoms with van der Waals surface area (Å²) in [5.41, 5.74) is 1.33. The molecule has 0 N–H and O–H groups in total. The van der Waals surface area contributed by atoms with Gasteiger partial charge in [0.05, 0.1) is 0 Å². The number of hydrogen-bond acceptors (Lipinski definition) is 2. The van der Waals surface area contributed by atoms with Crippen LogP contribution in [0.4, 0.5) is 4.79 Å². The van der Waals surface area contributed by atoms with Crippen LogP contribution in [0.3, 0.4) is 0 Å². The van der Waals surface area contributed by atoms with E-state index in [4.69, 9.17) is 4.74 Å². The molecule has 108 valence electrons. The highest BCUT2D eigenvalue weighted by Crippen LogP contribution is 2.58. The molecule has 2 aliphatic rings. The van der Waals surface area contributed by atoms with Crippen LogP contribution in [0.25, 0.3) is 0 Å². The van der Waals surface area contributed by atoms with Crippen molar-refractivity contribution in [1.29, 1.82) is 0 Å². The molecule has 0 bridgehead atoms. The molecule has 1 aromatic rings. The van der Waals surface area contributed by atoms with Gasteiger partial charge < -0.3 is 9.64 Å². The van der Waals surface area contributed by atoms with E-state index in [2.05, 4.69) is 30.3 Å². The Hall–Kier alpha value is -1.51. The van der Waals surface area contributed by atoms with Crippen LogP contribution in [0.1, 0.15) is 45.1 Å². The first-order chi connectivity index (χ1) is 9.40. The zero-order valence-electron chi connectivity index (χ0n) is 12.6. The molecule has 1 aliphatic carbocycles. The van der Waals surface area contributed by atoms with Gasteiger partial charge in [-0.05, 0) is 45.1 Å². The summed E-state index contributed by atoms with van der Waals surface area (Å²) in [6, 6.07) is 10.7. The van der Waals surface area contributed by atoms with Gasteiger partial charge in [-0.1, -0.05) is 30.3 Å². The lowest BCUT2D eigenvalue weighted by Crippen LogP contribution is -2.65. The lowest BCUT2D eigenvalue weighted by molar-refractivity contribution is -0.0848. The van der Waals surface area contributed by atoms with Gasteiger partial charge >= 0.3 is 6.09 Å². The number of ether oxygens (including phenoxy) is 1. The Morgan fingerprint density at radius 2 is 1.90 bits per heavy atom.